The van der Waals surface area contributed by atoms with E-state index in [-0.39, 0.29) is 5.91 Å². The molecule has 1 unspecified atom stereocenters. The van der Waals surface area contributed by atoms with E-state index in [1.54, 1.807) is 0 Å². The molecule has 4 heteroatoms. The van der Waals surface area contributed by atoms with E-state index in [4.69, 9.17) is 0 Å². The molecule has 0 aromatic heterocycles. The predicted octanol–water partition coefficient (Wildman–Crippen LogP) is 2.73. The molecule has 0 radical (unpaired) electrons. The molecule has 0 bridgehead atoms. The SMILES string of the molecule is O=C(CCS(=O)c1ccccc1)N1Cc2ccccc2C1. The van der Waals surface area contributed by atoms with Crippen molar-refractivity contribution in [2.75, 3.05) is 5.75 Å². The first-order chi connectivity index (χ1) is 10.2. The van der Waals surface area contributed by atoms with Gasteiger partial charge in [0.25, 0.3) is 0 Å². The lowest BCUT2D eigenvalue weighted by molar-refractivity contribution is -0.131. The van der Waals surface area contributed by atoms with E-state index in [9.17, 15) is 9.00 Å². The minimum Gasteiger partial charge on any atom is -0.334 e. The molecule has 108 valence electrons. The number of carbonyl (C=O) groups is 1. The number of fused-ring (bicyclic) bond motifs is 1. The Balaban J connectivity index is 1.55. The molecule has 1 atom stereocenters. The normalized spacial score (nSPS) is 14.8. The van der Waals surface area contributed by atoms with Crippen molar-refractivity contribution in [3.63, 3.8) is 0 Å². The zero-order valence-corrected chi connectivity index (χ0v) is 12.5. The van der Waals surface area contributed by atoms with Crippen molar-refractivity contribution in [2.45, 2.75) is 24.4 Å². The van der Waals surface area contributed by atoms with Gasteiger partial charge < -0.3 is 4.90 Å². The Morgan fingerprint density at radius 1 is 0.952 bits per heavy atom. The highest BCUT2D eigenvalue weighted by molar-refractivity contribution is 7.85. The molecule has 1 aliphatic rings. The van der Waals surface area contributed by atoms with E-state index in [1.165, 1.54) is 11.1 Å². The van der Waals surface area contributed by atoms with Crippen molar-refractivity contribution in [2.24, 2.45) is 0 Å². The van der Waals surface area contributed by atoms with Crippen molar-refractivity contribution in [1.82, 2.24) is 4.90 Å². The van der Waals surface area contributed by atoms with Gasteiger partial charge in [0.2, 0.25) is 5.91 Å². The van der Waals surface area contributed by atoms with Gasteiger partial charge in [-0.3, -0.25) is 9.00 Å². The van der Waals surface area contributed by atoms with Gasteiger partial charge >= 0.3 is 0 Å². The molecule has 2 aromatic rings. The van der Waals surface area contributed by atoms with Gasteiger partial charge in [-0.2, -0.15) is 0 Å². The van der Waals surface area contributed by atoms with E-state index in [0.29, 0.717) is 25.3 Å². The van der Waals surface area contributed by atoms with Crippen LogP contribution in [0, 0.1) is 0 Å². The number of rotatable bonds is 4. The maximum atomic E-state index is 12.2. The second kappa shape index (κ2) is 6.22. The molecule has 0 saturated heterocycles. The summed E-state index contributed by atoms with van der Waals surface area (Å²) in [7, 11) is -1.10. The van der Waals surface area contributed by atoms with Crippen molar-refractivity contribution in [3.8, 4) is 0 Å². The van der Waals surface area contributed by atoms with Crippen LogP contribution in [0.3, 0.4) is 0 Å². The topological polar surface area (TPSA) is 37.4 Å². The molecule has 3 nitrogen and oxygen atoms in total. The summed E-state index contributed by atoms with van der Waals surface area (Å²) >= 11 is 0. The average molecular weight is 299 g/mol. The maximum Gasteiger partial charge on any atom is 0.224 e. The Morgan fingerprint density at radius 3 is 2.14 bits per heavy atom. The number of hydrogen-bond donors (Lipinski definition) is 0. The summed E-state index contributed by atoms with van der Waals surface area (Å²) in [6.45, 7) is 1.35. The van der Waals surface area contributed by atoms with E-state index >= 15 is 0 Å². The molecule has 0 aliphatic carbocycles. The van der Waals surface area contributed by atoms with Crippen molar-refractivity contribution in [1.29, 1.82) is 0 Å². The molecule has 1 heterocycles. The van der Waals surface area contributed by atoms with Crippen LogP contribution in [-0.2, 0) is 28.7 Å². The largest absolute Gasteiger partial charge is 0.334 e. The summed E-state index contributed by atoms with van der Waals surface area (Å²) in [6.07, 6.45) is 0.329. The Bertz CT molecular complexity index is 645. The molecule has 3 rings (SSSR count). The van der Waals surface area contributed by atoms with Crippen LogP contribution in [0.1, 0.15) is 17.5 Å². The van der Waals surface area contributed by atoms with Gasteiger partial charge in [0.1, 0.15) is 0 Å². The molecule has 2 aromatic carbocycles. The Labute approximate surface area is 127 Å². The summed E-state index contributed by atoms with van der Waals surface area (Å²) in [5, 5.41) is 0. The second-order valence-electron chi connectivity index (χ2n) is 5.13. The summed E-state index contributed by atoms with van der Waals surface area (Å²) in [5.74, 6) is 0.464. The molecule has 1 amide bonds. The molecule has 0 saturated carbocycles. The summed E-state index contributed by atoms with van der Waals surface area (Å²) in [4.78, 5) is 14.9. The smallest absolute Gasteiger partial charge is 0.224 e. The molecule has 1 aliphatic heterocycles. The van der Waals surface area contributed by atoms with E-state index in [2.05, 4.69) is 12.1 Å². The first-order valence-electron chi connectivity index (χ1n) is 7.02. The fourth-order valence-corrected chi connectivity index (χ4v) is 3.59. The van der Waals surface area contributed by atoms with Crippen LogP contribution in [0.4, 0.5) is 0 Å². The standard InChI is InChI=1S/C17H17NO2S/c19-17(10-11-21(20)16-8-2-1-3-9-16)18-12-14-6-4-5-7-15(14)13-18/h1-9H,10-13H2. The Morgan fingerprint density at radius 2 is 1.52 bits per heavy atom. The number of amides is 1. The van der Waals surface area contributed by atoms with Crippen molar-refractivity contribution in [3.05, 3.63) is 65.7 Å². The lowest BCUT2D eigenvalue weighted by atomic mass is 10.1. The van der Waals surface area contributed by atoms with Gasteiger partial charge in [0.15, 0.2) is 0 Å². The highest BCUT2D eigenvalue weighted by atomic mass is 32.2. The number of benzene rings is 2. The van der Waals surface area contributed by atoms with Gasteiger partial charge in [0, 0.05) is 30.2 Å². The average Bonchev–Trinajstić information content (AvgIpc) is 2.97. The molecule has 0 spiro atoms. The maximum absolute atomic E-state index is 12.2. The second-order valence-corrected chi connectivity index (χ2v) is 6.70. The van der Waals surface area contributed by atoms with Crippen molar-refractivity contribution < 1.29 is 9.00 Å². The van der Waals surface area contributed by atoms with Crippen LogP contribution in [-0.4, -0.2) is 20.8 Å². The van der Waals surface area contributed by atoms with E-state index in [0.717, 1.165) is 4.90 Å². The van der Waals surface area contributed by atoms with Crippen molar-refractivity contribution >= 4 is 16.7 Å². The van der Waals surface area contributed by atoms with Crippen LogP contribution in [0.25, 0.3) is 0 Å². The quantitative estimate of drug-likeness (QED) is 0.870. The predicted molar refractivity (Wildman–Crippen MR) is 83.0 cm³/mol. The molecular formula is C17H17NO2S. The van der Waals surface area contributed by atoms with E-state index < -0.39 is 10.8 Å². The third kappa shape index (κ3) is 3.22. The molecular weight excluding hydrogens is 282 g/mol. The molecule has 0 fully saturated rings. The van der Waals surface area contributed by atoms with Gasteiger partial charge in [-0.05, 0) is 23.3 Å². The van der Waals surface area contributed by atoms with Crippen LogP contribution in [0.5, 0.6) is 0 Å². The first kappa shape index (κ1) is 14.0. The number of nitrogens with zero attached hydrogens (tertiary/aromatic N) is 1. The monoisotopic (exact) mass is 299 g/mol. The fourth-order valence-electron chi connectivity index (χ4n) is 2.54. The Kier molecular flexibility index (Phi) is 4.15. The summed E-state index contributed by atoms with van der Waals surface area (Å²) < 4.78 is 12.1. The summed E-state index contributed by atoms with van der Waals surface area (Å²) in [5.41, 5.74) is 2.44. The number of hydrogen-bond acceptors (Lipinski definition) is 2. The van der Waals surface area contributed by atoms with E-state index in [1.807, 2.05) is 47.4 Å². The lowest BCUT2D eigenvalue weighted by Gasteiger charge is -2.15. The van der Waals surface area contributed by atoms with Crippen LogP contribution < -0.4 is 0 Å². The fraction of sp³-hybridized carbons (Fsp3) is 0.235. The lowest BCUT2D eigenvalue weighted by Crippen LogP contribution is -2.26. The third-order valence-corrected chi connectivity index (χ3v) is 5.07. The minimum atomic E-state index is -1.10. The number of carbonyl (C=O) groups excluding carboxylic acids is 1. The third-order valence-electron chi connectivity index (χ3n) is 3.70. The highest BCUT2D eigenvalue weighted by Gasteiger charge is 2.22. The summed E-state index contributed by atoms with van der Waals surface area (Å²) in [6, 6.07) is 17.4. The Hall–Kier alpha value is -1.94. The van der Waals surface area contributed by atoms with Gasteiger partial charge in [-0.25, -0.2) is 0 Å². The van der Waals surface area contributed by atoms with Crippen LogP contribution in [0.15, 0.2) is 59.5 Å². The highest BCUT2D eigenvalue weighted by Crippen LogP contribution is 2.22. The van der Waals surface area contributed by atoms with Crippen LogP contribution in [0.2, 0.25) is 0 Å². The zero-order valence-electron chi connectivity index (χ0n) is 11.7. The van der Waals surface area contributed by atoms with Gasteiger partial charge in [0.05, 0.1) is 10.8 Å². The zero-order chi connectivity index (χ0) is 14.7. The molecule has 21 heavy (non-hydrogen) atoms. The van der Waals surface area contributed by atoms with Gasteiger partial charge in [-0.15, -0.1) is 0 Å². The van der Waals surface area contributed by atoms with Crippen LogP contribution >= 0.6 is 0 Å². The van der Waals surface area contributed by atoms with Gasteiger partial charge in [-0.1, -0.05) is 42.5 Å². The first-order valence-corrected chi connectivity index (χ1v) is 8.34. The molecule has 0 N–H and O–H groups in total. The minimum absolute atomic E-state index is 0.0791.